The molecule has 0 spiro atoms. The zero-order chi connectivity index (χ0) is 23.8. The van der Waals surface area contributed by atoms with Gasteiger partial charge in [-0.2, -0.15) is 0 Å². The van der Waals surface area contributed by atoms with E-state index in [1.807, 2.05) is 57.2 Å². The highest BCUT2D eigenvalue weighted by Crippen LogP contribution is 2.42. The molecule has 0 saturated heterocycles. The van der Waals surface area contributed by atoms with Crippen molar-refractivity contribution < 1.29 is 14.7 Å². The van der Waals surface area contributed by atoms with Gasteiger partial charge in [0, 0.05) is 34.6 Å². The Labute approximate surface area is 202 Å². The topological polar surface area (TPSA) is 82.5 Å². The van der Waals surface area contributed by atoms with E-state index in [9.17, 15) is 14.7 Å². The average Bonchev–Trinajstić information content (AvgIpc) is 3.19. The summed E-state index contributed by atoms with van der Waals surface area (Å²) in [5.74, 6) is -0.224. The molecule has 1 unspecified atom stereocenters. The van der Waals surface area contributed by atoms with Crippen molar-refractivity contribution in [3.05, 3.63) is 80.8 Å². The SMILES string of the molecule is CC(C)(C)C1c2ccc(C(=O)Nc3ncc(Cc4ccc(Cl)cc4)s3)cc2CCN1C(=O)O. The first-order valence-electron chi connectivity index (χ1n) is 10.7. The molecule has 2 N–H and O–H groups in total. The Morgan fingerprint density at radius 2 is 1.94 bits per heavy atom. The fourth-order valence-electron chi connectivity index (χ4n) is 4.33. The molecule has 0 aliphatic carbocycles. The lowest BCUT2D eigenvalue weighted by Gasteiger charge is -2.43. The molecule has 8 heteroatoms. The second-order valence-electron chi connectivity index (χ2n) is 9.30. The highest BCUT2D eigenvalue weighted by molar-refractivity contribution is 7.15. The van der Waals surface area contributed by atoms with Crippen molar-refractivity contribution in [2.75, 3.05) is 11.9 Å². The lowest BCUT2D eigenvalue weighted by atomic mass is 9.77. The van der Waals surface area contributed by atoms with Crippen LogP contribution in [0.3, 0.4) is 0 Å². The van der Waals surface area contributed by atoms with Gasteiger partial charge in [-0.3, -0.25) is 10.1 Å². The number of nitrogens with one attached hydrogen (secondary N) is 1. The molecule has 33 heavy (non-hydrogen) atoms. The molecule has 3 aromatic rings. The third kappa shape index (κ3) is 5.20. The van der Waals surface area contributed by atoms with Gasteiger partial charge in [0.25, 0.3) is 5.91 Å². The normalized spacial score (nSPS) is 15.8. The molecular formula is C25H26ClN3O3S. The maximum absolute atomic E-state index is 12.9. The molecule has 1 aliphatic heterocycles. The Hall–Kier alpha value is -2.90. The average molecular weight is 484 g/mol. The van der Waals surface area contributed by atoms with Gasteiger partial charge in [0.15, 0.2) is 5.13 Å². The molecule has 0 radical (unpaired) electrons. The van der Waals surface area contributed by atoms with E-state index in [1.165, 1.54) is 16.2 Å². The molecule has 1 aromatic heterocycles. The van der Waals surface area contributed by atoms with Crippen LogP contribution in [-0.4, -0.2) is 33.5 Å². The number of carbonyl (C=O) groups excluding carboxylic acids is 1. The van der Waals surface area contributed by atoms with Gasteiger partial charge < -0.3 is 10.0 Å². The second kappa shape index (κ2) is 9.15. The summed E-state index contributed by atoms with van der Waals surface area (Å²) in [4.78, 5) is 31.6. The van der Waals surface area contributed by atoms with E-state index in [4.69, 9.17) is 11.6 Å². The van der Waals surface area contributed by atoms with Gasteiger partial charge >= 0.3 is 6.09 Å². The van der Waals surface area contributed by atoms with E-state index in [0.717, 1.165) is 28.0 Å². The number of amides is 2. The number of carboxylic acid groups (broad SMARTS) is 1. The number of thiazole rings is 1. The molecule has 1 atom stereocenters. The van der Waals surface area contributed by atoms with Gasteiger partial charge in [-0.1, -0.05) is 50.6 Å². The lowest BCUT2D eigenvalue weighted by Crippen LogP contribution is -2.44. The minimum atomic E-state index is -0.916. The molecular weight excluding hydrogens is 458 g/mol. The number of rotatable bonds is 4. The maximum atomic E-state index is 12.9. The summed E-state index contributed by atoms with van der Waals surface area (Å²) in [6.45, 7) is 6.52. The van der Waals surface area contributed by atoms with Gasteiger partial charge in [0.05, 0.1) is 6.04 Å². The molecule has 0 bridgehead atoms. The molecule has 172 valence electrons. The van der Waals surface area contributed by atoms with Crippen molar-refractivity contribution in [2.45, 2.75) is 39.7 Å². The number of hydrogen-bond acceptors (Lipinski definition) is 4. The second-order valence-corrected chi connectivity index (χ2v) is 10.8. The molecule has 2 aromatic carbocycles. The largest absolute Gasteiger partial charge is 0.465 e. The molecule has 1 aliphatic rings. The molecule has 4 rings (SSSR count). The number of anilines is 1. The van der Waals surface area contributed by atoms with Gasteiger partial charge in [0.2, 0.25) is 0 Å². The first-order valence-corrected chi connectivity index (χ1v) is 11.9. The Bertz CT molecular complexity index is 1180. The van der Waals surface area contributed by atoms with E-state index in [0.29, 0.717) is 28.7 Å². The van der Waals surface area contributed by atoms with Crippen molar-refractivity contribution in [3.8, 4) is 0 Å². The number of carbonyl (C=O) groups is 2. The highest BCUT2D eigenvalue weighted by Gasteiger charge is 2.38. The Balaban J connectivity index is 1.49. The van der Waals surface area contributed by atoms with Gasteiger partial charge in [-0.15, -0.1) is 11.3 Å². The van der Waals surface area contributed by atoms with Crippen molar-refractivity contribution in [1.82, 2.24) is 9.88 Å². The van der Waals surface area contributed by atoms with Crippen molar-refractivity contribution >= 4 is 40.1 Å². The van der Waals surface area contributed by atoms with E-state index in [-0.39, 0.29) is 17.4 Å². The molecule has 0 saturated carbocycles. The predicted molar refractivity (Wildman–Crippen MR) is 131 cm³/mol. The van der Waals surface area contributed by atoms with Crippen LogP contribution in [0, 0.1) is 5.41 Å². The minimum Gasteiger partial charge on any atom is -0.465 e. The monoisotopic (exact) mass is 483 g/mol. The zero-order valence-corrected chi connectivity index (χ0v) is 20.3. The summed E-state index contributed by atoms with van der Waals surface area (Å²) in [5, 5.41) is 13.8. The number of fused-ring (bicyclic) bond motifs is 1. The molecule has 6 nitrogen and oxygen atoms in total. The maximum Gasteiger partial charge on any atom is 0.407 e. The van der Waals surface area contributed by atoms with Crippen LogP contribution in [0.1, 0.15) is 58.7 Å². The summed E-state index contributed by atoms with van der Waals surface area (Å²) >= 11 is 7.39. The van der Waals surface area contributed by atoms with E-state index in [1.54, 1.807) is 12.3 Å². The summed E-state index contributed by atoms with van der Waals surface area (Å²) in [6, 6.07) is 12.9. The first kappa shape index (κ1) is 23.3. The van der Waals surface area contributed by atoms with E-state index in [2.05, 4.69) is 10.3 Å². The highest BCUT2D eigenvalue weighted by atomic mass is 35.5. The first-order chi connectivity index (χ1) is 15.6. The van der Waals surface area contributed by atoms with E-state index >= 15 is 0 Å². The Kier molecular flexibility index (Phi) is 6.45. The standard InChI is InChI=1S/C25H26ClN3O3S/c1-25(2,3)21-20-9-6-17(13-16(20)10-11-29(21)24(31)32)22(30)28-23-27-14-19(33-23)12-15-4-7-18(26)8-5-15/h4-9,13-14,21H,10-12H2,1-3H3,(H,31,32)(H,27,28,30). The van der Waals surface area contributed by atoms with E-state index < -0.39 is 6.09 Å². The predicted octanol–water partition coefficient (Wildman–Crippen LogP) is 6.26. The summed E-state index contributed by atoms with van der Waals surface area (Å²) < 4.78 is 0. The summed E-state index contributed by atoms with van der Waals surface area (Å²) in [6.07, 6.45) is 2.16. The van der Waals surface area contributed by atoms with Crippen molar-refractivity contribution in [2.24, 2.45) is 5.41 Å². The quantitative estimate of drug-likeness (QED) is 0.458. The van der Waals surface area contributed by atoms with Crippen LogP contribution in [0.2, 0.25) is 5.02 Å². The minimum absolute atomic E-state index is 0.224. The van der Waals surface area contributed by atoms with Crippen molar-refractivity contribution in [1.29, 1.82) is 0 Å². The fraction of sp³-hybridized carbons (Fsp3) is 0.320. The summed E-state index contributed by atoms with van der Waals surface area (Å²) in [7, 11) is 0. The third-order valence-corrected chi connectivity index (χ3v) is 6.93. The molecule has 0 fully saturated rings. The smallest absolute Gasteiger partial charge is 0.407 e. The van der Waals surface area contributed by atoms with Crippen molar-refractivity contribution in [3.63, 3.8) is 0 Å². The number of halogens is 1. The van der Waals surface area contributed by atoms with Crippen LogP contribution in [0.4, 0.5) is 9.93 Å². The van der Waals surface area contributed by atoms with Crippen LogP contribution in [-0.2, 0) is 12.8 Å². The van der Waals surface area contributed by atoms with Crippen LogP contribution in [0.5, 0.6) is 0 Å². The van der Waals surface area contributed by atoms with Crippen LogP contribution >= 0.6 is 22.9 Å². The zero-order valence-electron chi connectivity index (χ0n) is 18.8. The van der Waals surface area contributed by atoms with Crippen LogP contribution in [0.25, 0.3) is 0 Å². The van der Waals surface area contributed by atoms with Crippen LogP contribution < -0.4 is 5.32 Å². The summed E-state index contributed by atoms with van der Waals surface area (Å²) in [5.41, 5.74) is 3.38. The number of hydrogen-bond donors (Lipinski definition) is 2. The number of benzene rings is 2. The number of nitrogens with zero attached hydrogens (tertiary/aromatic N) is 2. The van der Waals surface area contributed by atoms with Gasteiger partial charge in [0.1, 0.15) is 0 Å². The molecule has 2 heterocycles. The van der Waals surface area contributed by atoms with Gasteiger partial charge in [-0.05, 0) is 52.8 Å². The van der Waals surface area contributed by atoms with Crippen LogP contribution in [0.15, 0.2) is 48.7 Å². The fourth-order valence-corrected chi connectivity index (χ4v) is 5.30. The third-order valence-electron chi connectivity index (χ3n) is 5.77. The lowest BCUT2D eigenvalue weighted by molar-refractivity contribution is 0.0758. The Morgan fingerprint density at radius 3 is 2.61 bits per heavy atom. The molecule has 2 amide bonds. The van der Waals surface area contributed by atoms with Gasteiger partial charge in [-0.25, -0.2) is 9.78 Å². The number of aromatic nitrogens is 1. The Morgan fingerprint density at radius 1 is 1.21 bits per heavy atom.